The maximum absolute atomic E-state index is 11.2. The summed E-state index contributed by atoms with van der Waals surface area (Å²) < 4.78 is 1.92. The SMILES string of the molecule is Cc1cc(C)n(-c2cccc(CN3CC[C@@H](O)[C@H](C(=O)O)C3)c2)n1. The van der Waals surface area contributed by atoms with E-state index in [0.29, 0.717) is 26.1 Å². The fourth-order valence-electron chi connectivity index (χ4n) is 3.33. The number of rotatable bonds is 4. The highest BCUT2D eigenvalue weighted by Crippen LogP contribution is 2.21. The van der Waals surface area contributed by atoms with Crippen molar-refractivity contribution in [1.29, 1.82) is 0 Å². The molecule has 0 aliphatic carbocycles. The Bertz CT molecular complexity index is 741. The predicted molar refractivity (Wildman–Crippen MR) is 90.1 cm³/mol. The molecule has 2 aromatic rings. The Morgan fingerprint density at radius 3 is 2.79 bits per heavy atom. The van der Waals surface area contributed by atoms with Crippen molar-refractivity contribution in [3.8, 4) is 5.69 Å². The Kier molecular flexibility index (Phi) is 4.69. The molecule has 128 valence electrons. The second kappa shape index (κ2) is 6.75. The minimum absolute atomic E-state index is 0.376. The van der Waals surface area contributed by atoms with E-state index >= 15 is 0 Å². The average Bonchev–Trinajstić information content (AvgIpc) is 2.88. The zero-order valence-corrected chi connectivity index (χ0v) is 14.0. The summed E-state index contributed by atoms with van der Waals surface area (Å²) in [5, 5.41) is 23.6. The molecule has 1 aromatic heterocycles. The number of carbonyl (C=O) groups is 1. The van der Waals surface area contributed by atoms with Crippen LogP contribution in [0.5, 0.6) is 0 Å². The Balaban J connectivity index is 1.75. The van der Waals surface area contributed by atoms with Crippen LogP contribution < -0.4 is 0 Å². The summed E-state index contributed by atoms with van der Waals surface area (Å²) >= 11 is 0. The van der Waals surface area contributed by atoms with Gasteiger partial charge in [-0.15, -0.1) is 0 Å². The van der Waals surface area contributed by atoms with Gasteiger partial charge in [0.25, 0.3) is 0 Å². The van der Waals surface area contributed by atoms with Gasteiger partial charge >= 0.3 is 5.97 Å². The number of carboxylic acid groups (broad SMARTS) is 1. The van der Waals surface area contributed by atoms with Gasteiger partial charge in [-0.1, -0.05) is 12.1 Å². The van der Waals surface area contributed by atoms with Crippen LogP contribution in [0.2, 0.25) is 0 Å². The lowest BCUT2D eigenvalue weighted by atomic mass is 9.94. The van der Waals surface area contributed by atoms with Crippen molar-refractivity contribution in [2.45, 2.75) is 32.9 Å². The van der Waals surface area contributed by atoms with Crippen molar-refractivity contribution in [2.24, 2.45) is 5.92 Å². The van der Waals surface area contributed by atoms with Gasteiger partial charge in [-0.25, -0.2) is 4.68 Å². The van der Waals surface area contributed by atoms with Crippen LogP contribution in [0.25, 0.3) is 5.69 Å². The topological polar surface area (TPSA) is 78.6 Å². The van der Waals surface area contributed by atoms with E-state index in [2.05, 4.69) is 16.1 Å². The quantitative estimate of drug-likeness (QED) is 0.893. The summed E-state index contributed by atoms with van der Waals surface area (Å²) in [6.45, 7) is 5.74. The summed E-state index contributed by atoms with van der Waals surface area (Å²) in [6.07, 6.45) is -0.256. The number of aliphatic hydroxyl groups is 1. The van der Waals surface area contributed by atoms with E-state index in [-0.39, 0.29) is 0 Å². The highest BCUT2D eigenvalue weighted by Gasteiger charge is 2.32. The van der Waals surface area contributed by atoms with Gasteiger partial charge < -0.3 is 10.2 Å². The number of benzene rings is 1. The zero-order valence-electron chi connectivity index (χ0n) is 14.0. The number of carboxylic acids is 1. The molecule has 1 saturated heterocycles. The molecule has 0 saturated carbocycles. The van der Waals surface area contributed by atoms with Gasteiger partial charge in [0.1, 0.15) is 0 Å². The molecule has 2 atom stereocenters. The first-order valence-corrected chi connectivity index (χ1v) is 8.20. The molecule has 1 fully saturated rings. The second-order valence-corrected chi connectivity index (χ2v) is 6.54. The number of hydrogen-bond acceptors (Lipinski definition) is 4. The largest absolute Gasteiger partial charge is 0.481 e. The van der Waals surface area contributed by atoms with E-state index in [1.165, 1.54) is 0 Å². The first-order valence-electron chi connectivity index (χ1n) is 8.20. The smallest absolute Gasteiger partial charge is 0.310 e. The highest BCUT2D eigenvalue weighted by atomic mass is 16.4. The van der Waals surface area contributed by atoms with Gasteiger partial charge in [-0.05, 0) is 44.0 Å². The van der Waals surface area contributed by atoms with Crippen molar-refractivity contribution in [1.82, 2.24) is 14.7 Å². The van der Waals surface area contributed by atoms with Crippen molar-refractivity contribution in [3.05, 3.63) is 47.3 Å². The molecule has 2 N–H and O–H groups in total. The summed E-state index contributed by atoms with van der Waals surface area (Å²) in [4.78, 5) is 13.3. The normalized spacial score (nSPS) is 21.8. The van der Waals surface area contributed by atoms with E-state index in [9.17, 15) is 15.0 Å². The van der Waals surface area contributed by atoms with Crippen molar-refractivity contribution in [2.75, 3.05) is 13.1 Å². The molecular weight excluding hydrogens is 306 g/mol. The van der Waals surface area contributed by atoms with Gasteiger partial charge in [0.15, 0.2) is 0 Å². The van der Waals surface area contributed by atoms with Crippen LogP contribution in [0, 0.1) is 19.8 Å². The zero-order chi connectivity index (χ0) is 17.3. The molecule has 0 bridgehead atoms. The third-order valence-corrected chi connectivity index (χ3v) is 4.55. The number of aliphatic carboxylic acids is 1. The number of aromatic nitrogens is 2. The molecule has 1 aliphatic rings. The fourth-order valence-corrected chi connectivity index (χ4v) is 3.33. The molecule has 24 heavy (non-hydrogen) atoms. The van der Waals surface area contributed by atoms with Gasteiger partial charge in [0.2, 0.25) is 0 Å². The van der Waals surface area contributed by atoms with E-state index in [4.69, 9.17) is 0 Å². The van der Waals surface area contributed by atoms with Crippen LogP contribution in [0.4, 0.5) is 0 Å². The minimum atomic E-state index is -0.927. The van der Waals surface area contributed by atoms with Crippen LogP contribution >= 0.6 is 0 Å². The number of likely N-dealkylation sites (tertiary alicyclic amines) is 1. The second-order valence-electron chi connectivity index (χ2n) is 6.54. The number of aliphatic hydroxyl groups excluding tert-OH is 1. The Labute approximate surface area is 141 Å². The first-order chi connectivity index (χ1) is 11.4. The van der Waals surface area contributed by atoms with Crippen LogP contribution in [0.1, 0.15) is 23.4 Å². The molecule has 6 nitrogen and oxygen atoms in total. The summed E-state index contributed by atoms with van der Waals surface area (Å²) in [7, 11) is 0. The predicted octanol–water partition coefficient (Wildman–Crippen LogP) is 1.76. The number of piperidine rings is 1. The number of hydrogen-bond donors (Lipinski definition) is 2. The molecule has 0 radical (unpaired) electrons. The summed E-state index contributed by atoms with van der Waals surface area (Å²) in [5.74, 6) is -1.64. The first kappa shape index (κ1) is 16.7. The monoisotopic (exact) mass is 329 g/mol. The van der Waals surface area contributed by atoms with E-state index in [0.717, 1.165) is 22.6 Å². The number of nitrogens with zero attached hydrogens (tertiary/aromatic N) is 3. The lowest BCUT2D eigenvalue weighted by molar-refractivity contribution is -0.149. The molecule has 1 aliphatic heterocycles. The standard InChI is InChI=1S/C18H23N3O3/c1-12-8-13(2)21(19-12)15-5-3-4-14(9-15)10-20-7-6-17(22)16(11-20)18(23)24/h3-5,8-9,16-17,22H,6-7,10-11H2,1-2H3,(H,23,24)/t16-,17-/m1/s1. The van der Waals surface area contributed by atoms with Crippen LogP contribution in [0.3, 0.4) is 0 Å². The highest BCUT2D eigenvalue weighted by molar-refractivity contribution is 5.71. The van der Waals surface area contributed by atoms with Gasteiger partial charge in [0.05, 0.1) is 23.4 Å². The lowest BCUT2D eigenvalue weighted by Gasteiger charge is -2.34. The Hall–Kier alpha value is -2.18. The molecule has 0 spiro atoms. The lowest BCUT2D eigenvalue weighted by Crippen LogP contribution is -2.46. The van der Waals surface area contributed by atoms with E-state index < -0.39 is 18.0 Å². The molecule has 2 heterocycles. The van der Waals surface area contributed by atoms with Crippen molar-refractivity contribution in [3.63, 3.8) is 0 Å². The molecule has 0 unspecified atom stereocenters. The maximum atomic E-state index is 11.2. The fraction of sp³-hybridized carbons (Fsp3) is 0.444. The Morgan fingerprint density at radius 1 is 1.33 bits per heavy atom. The third kappa shape index (κ3) is 3.49. The summed E-state index contributed by atoms with van der Waals surface area (Å²) in [6, 6.07) is 10.2. The van der Waals surface area contributed by atoms with Crippen molar-refractivity contribution >= 4 is 5.97 Å². The molecule has 1 aromatic carbocycles. The van der Waals surface area contributed by atoms with E-state index in [1.807, 2.05) is 42.8 Å². The average molecular weight is 329 g/mol. The van der Waals surface area contributed by atoms with Gasteiger partial charge in [0, 0.05) is 25.3 Å². The van der Waals surface area contributed by atoms with Crippen molar-refractivity contribution < 1.29 is 15.0 Å². The molecule has 3 rings (SSSR count). The Morgan fingerprint density at radius 2 is 2.12 bits per heavy atom. The van der Waals surface area contributed by atoms with Crippen LogP contribution in [-0.2, 0) is 11.3 Å². The van der Waals surface area contributed by atoms with Gasteiger partial charge in [-0.2, -0.15) is 5.10 Å². The summed E-state index contributed by atoms with van der Waals surface area (Å²) in [5.41, 5.74) is 4.18. The van der Waals surface area contributed by atoms with E-state index in [1.54, 1.807) is 0 Å². The minimum Gasteiger partial charge on any atom is -0.481 e. The van der Waals surface area contributed by atoms with Crippen LogP contribution in [-0.4, -0.2) is 50.1 Å². The molecular formula is C18H23N3O3. The van der Waals surface area contributed by atoms with Crippen LogP contribution in [0.15, 0.2) is 30.3 Å². The number of aryl methyl sites for hydroxylation is 2. The molecule has 6 heteroatoms. The maximum Gasteiger partial charge on any atom is 0.310 e. The molecule has 0 amide bonds. The van der Waals surface area contributed by atoms with Gasteiger partial charge in [-0.3, -0.25) is 9.69 Å². The third-order valence-electron chi connectivity index (χ3n) is 4.55.